The number of hydrazone groups is 1. The predicted molar refractivity (Wildman–Crippen MR) is 124 cm³/mol. The first-order chi connectivity index (χ1) is 15.0. The highest BCUT2D eigenvalue weighted by Crippen LogP contribution is 2.25. The number of nitrogens with zero attached hydrogens (tertiary/aromatic N) is 1. The van der Waals surface area contributed by atoms with Crippen LogP contribution in [0.5, 0.6) is 17.2 Å². The van der Waals surface area contributed by atoms with E-state index in [0.717, 1.165) is 15.6 Å². The number of amides is 1. The minimum Gasteiger partial charge on any atom is -0.497 e. The van der Waals surface area contributed by atoms with Gasteiger partial charge in [0.25, 0.3) is 5.91 Å². The molecule has 0 aromatic heterocycles. The van der Waals surface area contributed by atoms with Gasteiger partial charge in [-0.2, -0.15) is 5.10 Å². The summed E-state index contributed by atoms with van der Waals surface area (Å²) in [7, 11) is 3.16. The highest BCUT2D eigenvalue weighted by atomic mass is 79.9. The van der Waals surface area contributed by atoms with E-state index < -0.39 is 0 Å². The Labute approximate surface area is 190 Å². The molecule has 3 rings (SSSR count). The lowest BCUT2D eigenvalue weighted by atomic mass is 10.1. The first-order valence-corrected chi connectivity index (χ1v) is 10.3. The fourth-order valence-electron chi connectivity index (χ4n) is 2.87. The van der Waals surface area contributed by atoms with Crippen molar-refractivity contribution in [3.05, 3.63) is 87.9 Å². The number of nitrogens with one attached hydrogen (secondary N) is 1. The zero-order valence-corrected chi connectivity index (χ0v) is 19.1. The summed E-state index contributed by atoms with van der Waals surface area (Å²) in [6.45, 7) is 2.14. The summed E-state index contributed by atoms with van der Waals surface area (Å²) >= 11 is 3.41. The van der Waals surface area contributed by atoms with Gasteiger partial charge in [-0.15, -0.1) is 0 Å². The Kier molecular flexibility index (Phi) is 7.67. The lowest BCUT2D eigenvalue weighted by molar-refractivity contribution is 0.0950. The molecule has 3 aromatic rings. The van der Waals surface area contributed by atoms with Crippen molar-refractivity contribution in [2.45, 2.75) is 13.5 Å². The molecule has 6 nitrogen and oxygen atoms in total. The van der Waals surface area contributed by atoms with Gasteiger partial charge in [0.2, 0.25) is 0 Å². The van der Waals surface area contributed by atoms with Crippen LogP contribution >= 0.6 is 15.9 Å². The van der Waals surface area contributed by atoms with E-state index in [9.17, 15) is 4.79 Å². The van der Waals surface area contributed by atoms with Crippen LogP contribution in [-0.4, -0.2) is 25.8 Å². The number of rotatable bonds is 8. The minimum absolute atomic E-state index is 0.350. The van der Waals surface area contributed by atoms with E-state index in [-0.39, 0.29) is 5.91 Å². The molecule has 0 aliphatic carbocycles. The number of para-hydroxylation sites is 1. The predicted octanol–water partition coefficient (Wildman–Crippen LogP) is 5.20. The second-order valence-electron chi connectivity index (χ2n) is 6.62. The van der Waals surface area contributed by atoms with Crippen LogP contribution in [0, 0.1) is 0 Å². The summed E-state index contributed by atoms with van der Waals surface area (Å²) in [6, 6.07) is 20.3. The Hall–Kier alpha value is -3.32. The number of halogens is 1. The fourth-order valence-corrected chi connectivity index (χ4v) is 3.14. The van der Waals surface area contributed by atoms with Gasteiger partial charge in [0.15, 0.2) is 0 Å². The third-order valence-corrected chi connectivity index (χ3v) is 5.09. The molecule has 7 heteroatoms. The quantitative estimate of drug-likeness (QED) is 0.353. The maximum absolute atomic E-state index is 12.8. The molecule has 160 valence electrons. The van der Waals surface area contributed by atoms with Gasteiger partial charge in [0, 0.05) is 16.1 Å². The van der Waals surface area contributed by atoms with Gasteiger partial charge < -0.3 is 14.2 Å². The first-order valence-electron chi connectivity index (χ1n) is 9.55. The molecular weight excluding hydrogens is 460 g/mol. The zero-order valence-electron chi connectivity index (χ0n) is 17.5. The van der Waals surface area contributed by atoms with E-state index in [4.69, 9.17) is 14.2 Å². The molecule has 0 fully saturated rings. The maximum atomic E-state index is 12.8. The van der Waals surface area contributed by atoms with Gasteiger partial charge in [-0.3, -0.25) is 4.79 Å². The van der Waals surface area contributed by atoms with Gasteiger partial charge >= 0.3 is 0 Å². The average Bonchev–Trinajstić information content (AvgIpc) is 2.81. The standard InChI is InChI=1S/C24H23BrN2O4/c1-16(20-13-12-19(29-2)14-23(20)30-3)26-27-24(28)21-6-4-5-7-22(21)31-15-17-8-10-18(25)11-9-17/h4-14H,15H2,1-3H3,(H,27,28). The van der Waals surface area contributed by atoms with E-state index in [2.05, 4.69) is 26.5 Å². The summed E-state index contributed by atoms with van der Waals surface area (Å²) in [5.74, 6) is 1.40. The Morgan fingerprint density at radius 2 is 1.68 bits per heavy atom. The Bertz CT molecular complexity index is 1080. The second-order valence-corrected chi connectivity index (χ2v) is 7.53. The molecule has 0 aliphatic rings. The SMILES string of the molecule is COc1ccc(C(C)=NNC(=O)c2ccccc2OCc2ccc(Br)cc2)c(OC)c1. The molecule has 0 radical (unpaired) electrons. The minimum atomic E-state index is -0.363. The maximum Gasteiger partial charge on any atom is 0.275 e. The highest BCUT2D eigenvalue weighted by Gasteiger charge is 2.13. The van der Waals surface area contributed by atoms with Crippen molar-refractivity contribution in [3.8, 4) is 17.2 Å². The number of methoxy groups -OCH3 is 2. The van der Waals surface area contributed by atoms with E-state index in [1.54, 1.807) is 45.4 Å². The molecule has 0 atom stereocenters. The van der Waals surface area contributed by atoms with Crippen LogP contribution in [-0.2, 0) is 6.61 Å². The van der Waals surface area contributed by atoms with Gasteiger partial charge in [0.05, 0.1) is 25.5 Å². The molecule has 0 heterocycles. The second kappa shape index (κ2) is 10.6. The number of carbonyl (C=O) groups excluding carboxylic acids is 1. The molecule has 31 heavy (non-hydrogen) atoms. The summed E-state index contributed by atoms with van der Waals surface area (Å²) in [5, 5.41) is 4.24. The molecule has 3 aromatic carbocycles. The number of hydrogen-bond donors (Lipinski definition) is 1. The highest BCUT2D eigenvalue weighted by molar-refractivity contribution is 9.10. The summed E-state index contributed by atoms with van der Waals surface area (Å²) < 4.78 is 17.5. The molecule has 0 saturated heterocycles. The van der Waals surface area contributed by atoms with Gasteiger partial charge in [0.1, 0.15) is 23.9 Å². The smallest absolute Gasteiger partial charge is 0.275 e. The molecule has 0 saturated carbocycles. The lowest BCUT2D eigenvalue weighted by Gasteiger charge is -2.12. The van der Waals surface area contributed by atoms with Crippen LogP contribution in [0.3, 0.4) is 0 Å². The van der Waals surface area contributed by atoms with E-state index in [1.165, 1.54) is 0 Å². The number of benzene rings is 3. The van der Waals surface area contributed by atoms with Crippen LogP contribution in [0.25, 0.3) is 0 Å². The van der Waals surface area contributed by atoms with Crippen molar-refractivity contribution in [3.63, 3.8) is 0 Å². The third-order valence-electron chi connectivity index (χ3n) is 4.56. The molecule has 0 aliphatic heterocycles. The topological polar surface area (TPSA) is 69.2 Å². The monoisotopic (exact) mass is 482 g/mol. The summed E-state index contributed by atoms with van der Waals surface area (Å²) in [4.78, 5) is 12.8. The van der Waals surface area contributed by atoms with Crippen LogP contribution in [0.2, 0.25) is 0 Å². The largest absolute Gasteiger partial charge is 0.497 e. The Balaban J connectivity index is 1.72. The molecule has 0 bridgehead atoms. The van der Waals surface area contributed by atoms with Crippen LogP contribution in [0.15, 0.2) is 76.3 Å². The van der Waals surface area contributed by atoms with Gasteiger partial charge in [-0.05, 0) is 48.9 Å². The third kappa shape index (κ3) is 5.86. The van der Waals surface area contributed by atoms with Crippen LogP contribution < -0.4 is 19.6 Å². The van der Waals surface area contributed by atoms with Crippen molar-refractivity contribution >= 4 is 27.5 Å². The van der Waals surface area contributed by atoms with Crippen molar-refractivity contribution in [2.24, 2.45) is 5.10 Å². The zero-order chi connectivity index (χ0) is 22.2. The Morgan fingerprint density at radius 1 is 0.935 bits per heavy atom. The van der Waals surface area contributed by atoms with Gasteiger partial charge in [-0.1, -0.05) is 40.2 Å². The van der Waals surface area contributed by atoms with Gasteiger partial charge in [-0.25, -0.2) is 5.43 Å². The molecular formula is C24H23BrN2O4. The number of ether oxygens (including phenoxy) is 3. The molecule has 0 unspecified atom stereocenters. The van der Waals surface area contributed by atoms with E-state index >= 15 is 0 Å². The Morgan fingerprint density at radius 3 is 2.39 bits per heavy atom. The van der Waals surface area contributed by atoms with Crippen molar-refractivity contribution in [1.29, 1.82) is 0 Å². The van der Waals surface area contributed by atoms with Crippen molar-refractivity contribution < 1.29 is 19.0 Å². The van der Waals surface area contributed by atoms with E-state index in [1.807, 2.05) is 42.5 Å². The fraction of sp³-hybridized carbons (Fsp3) is 0.167. The van der Waals surface area contributed by atoms with Crippen LogP contribution in [0.4, 0.5) is 0 Å². The van der Waals surface area contributed by atoms with Crippen molar-refractivity contribution in [2.75, 3.05) is 14.2 Å². The average molecular weight is 483 g/mol. The summed E-state index contributed by atoms with van der Waals surface area (Å²) in [5.41, 5.74) is 5.35. The number of hydrogen-bond acceptors (Lipinski definition) is 5. The first kappa shape index (κ1) is 22.4. The molecule has 1 amide bonds. The van der Waals surface area contributed by atoms with Crippen molar-refractivity contribution in [1.82, 2.24) is 5.43 Å². The number of carbonyl (C=O) groups is 1. The van der Waals surface area contributed by atoms with Crippen LogP contribution in [0.1, 0.15) is 28.4 Å². The normalized spacial score (nSPS) is 11.0. The summed E-state index contributed by atoms with van der Waals surface area (Å²) in [6.07, 6.45) is 0. The molecule has 0 spiro atoms. The van der Waals surface area contributed by atoms with E-state index in [0.29, 0.717) is 35.1 Å². The lowest BCUT2D eigenvalue weighted by Crippen LogP contribution is -2.20. The molecule has 1 N–H and O–H groups in total.